The number of nitrogens with one attached hydrogen (secondary N) is 2. The maximum absolute atomic E-state index is 11.4. The molecule has 2 atom stereocenters. The Morgan fingerprint density at radius 3 is 2.61 bits per heavy atom. The Morgan fingerprint density at radius 1 is 1.22 bits per heavy atom. The summed E-state index contributed by atoms with van der Waals surface area (Å²) in [6, 6.07) is 0.597. The van der Waals surface area contributed by atoms with Crippen LogP contribution in [-0.2, 0) is 4.79 Å². The van der Waals surface area contributed by atoms with Crippen molar-refractivity contribution in [3.8, 4) is 0 Å². The van der Waals surface area contributed by atoms with E-state index in [9.17, 15) is 4.79 Å². The molecule has 0 aromatic carbocycles. The summed E-state index contributed by atoms with van der Waals surface area (Å²) in [5.74, 6) is 0.752. The van der Waals surface area contributed by atoms with Crippen LogP contribution in [-0.4, -0.2) is 36.5 Å². The molecule has 4 heteroatoms. The third kappa shape index (κ3) is 6.10. The maximum atomic E-state index is 11.4. The van der Waals surface area contributed by atoms with E-state index in [-0.39, 0.29) is 5.91 Å². The van der Waals surface area contributed by atoms with E-state index in [1.165, 1.54) is 44.9 Å². The highest BCUT2D eigenvalue weighted by atomic mass is 32.2. The van der Waals surface area contributed by atoms with Crippen LogP contribution in [0.1, 0.15) is 51.9 Å². The van der Waals surface area contributed by atoms with Gasteiger partial charge in [0.05, 0.1) is 5.75 Å². The van der Waals surface area contributed by atoms with Crippen LogP contribution in [0.5, 0.6) is 0 Å². The van der Waals surface area contributed by atoms with Gasteiger partial charge in [-0.25, -0.2) is 0 Å². The van der Waals surface area contributed by atoms with E-state index in [2.05, 4.69) is 17.6 Å². The Kier molecular flexibility index (Phi) is 8.51. The number of carbonyl (C=O) groups excluding carboxylic acids is 1. The molecule has 1 aliphatic rings. The van der Waals surface area contributed by atoms with Crippen LogP contribution in [0.25, 0.3) is 0 Å². The van der Waals surface area contributed by atoms with Crippen LogP contribution in [0.2, 0.25) is 0 Å². The third-order valence-corrected chi connectivity index (χ3v) is 4.99. The van der Waals surface area contributed by atoms with Gasteiger partial charge < -0.3 is 10.6 Å². The summed E-state index contributed by atoms with van der Waals surface area (Å²) in [6.07, 6.45) is 9.08. The van der Waals surface area contributed by atoms with Gasteiger partial charge in [0.1, 0.15) is 0 Å². The maximum Gasteiger partial charge on any atom is 0.229 e. The largest absolute Gasteiger partial charge is 0.358 e. The van der Waals surface area contributed by atoms with Gasteiger partial charge in [0.2, 0.25) is 5.91 Å². The minimum atomic E-state index is 0.149. The molecule has 1 fully saturated rings. The number of amides is 1. The average Bonchev–Trinajstić information content (AvgIpc) is 2.36. The molecule has 0 heterocycles. The molecule has 0 saturated heterocycles. The molecular formula is C14H28N2OS. The van der Waals surface area contributed by atoms with E-state index in [1.807, 2.05) is 11.8 Å². The van der Waals surface area contributed by atoms with Crippen molar-refractivity contribution in [1.82, 2.24) is 10.6 Å². The SMILES string of the molecule is CCCNC1CCCCCCC1SCC(=O)NC. The Labute approximate surface area is 116 Å². The topological polar surface area (TPSA) is 41.1 Å². The lowest BCUT2D eigenvalue weighted by molar-refractivity contribution is -0.118. The van der Waals surface area contributed by atoms with Gasteiger partial charge in [-0.1, -0.05) is 32.6 Å². The van der Waals surface area contributed by atoms with E-state index < -0.39 is 0 Å². The summed E-state index contributed by atoms with van der Waals surface area (Å²) in [5.41, 5.74) is 0. The highest BCUT2D eigenvalue weighted by Crippen LogP contribution is 2.27. The number of carbonyl (C=O) groups is 1. The molecular weight excluding hydrogens is 244 g/mol. The number of rotatable bonds is 6. The van der Waals surface area contributed by atoms with Crippen molar-refractivity contribution in [3.63, 3.8) is 0 Å². The zero-order valence-electron chi connectivity index (χ0n) is 11.8. The third-order valence-electron chi connectivity index (χ3n) is 3.57. The highest BCUT2D eigenvalue weighted by Gasteiger charge is 2.23. The summed E-state index contributed by atoms with van der Waals surface area (Å²) < 4.78 is 0. The molecule has 18 heavy (non-hydrogen) atoms. The second kappa shape index (κ2) is 9.68. The van der Waals surface area contributed by atoms with Gasteiger partial charge in [-0.3, -0.25) is 4.79 Å². The van der Waals surface area contributed by atoms with E-state index in [0.29, 0.717) is 17.0 Å². The van der Waals surface area contributed by atoms with Gasteiger partial charge in [-0.15, -0.1) is 11.8 Å². The molecule has 3 nitrogen and oxygen atoms in total. The molecule has 0 aromatic heterocycles. The molecule has 1 rings (SSSR count). The first kappa shape index (κ1) is 15.8. The second-order valence-electron chi connectivity index (χ2n) is 5.07. The van der Waals surface area contributed by atoms with E-state index in [1.54, 1.807) is 7.05 Å². The monoisotopic (exact) mass is 272 g/mol. The molecule has 2 unspecified atom stereocenters. The Balaban J connectivity index is 2.45. The summed E-state index contributed by atoms with van der Waals surface area (Å²) >= 11 is 1.84. The fraction of sp³-hybridized carbons (Fsp3) is 0.929. The van der Waals surface area contributed by atoms with Crippen molar-refractivity contribution in [2.45, 2.75) is 63.2 Å². The lowest BCUT2D eigenvalue weighted by Crippen LogP contribution is -2.40. The molecule has 0 spiro atoms. The number of hydrogen-bond acceptors (Lipinski definition) is 3. The van der Waals surface area contributed by atoms with Crippen molar-refractivity contribution >= 4 is 17.7 Å². The van der Waals surface area contributed by atoms with Crippen molar-refractivity contribution in [1.29, 1.82) is 0 Å². The normalized spacial score (nSPS) is 25.2. The van der Waals surface area contributed by atoms with Crippen molar-refractivity contribution in [2.24, 2.45) is 0 Å². The summed E-state index contributed by atoms with van der Waals surface area (Å²) in [7, 11) is 1.72. The first-order valence-electron chi connectivity index (χ1n) is 7.33. The van der Waals surface area contributed by atoms with Crippen LogP contribution in [0.15, 0.2) is 0 Å². The van der Waals surface area contributed by atoms with Gasteiger partial charge in [0, 0.05) is 18.3 Å². The van der Waals surface area contributed by atoms with Gasteiger partial charge in [-0.2, -0.15) is 0 Å². The van der Waals surface area contributed by atoms with E-state index >= 15 is 0 Å². The van der Waals surface area contributed by atoms with Gasteiger partial charge >= 0.3 is 0 Å². The molecule has 0 radical (unpaired) electrons. The Hall–Kier alpha value is -0.220. The number of hydrogen-bond donors (Lipinski definition) is 2. The van der Waals surface area contributed by atoms with Crippen LogP contribution in [0.3, 0.4) is 0 Å². The molecule has 2 N–H and O–H groups in total. The van der Waals surface area contributed by atoms with Gasteiger partial charge in [-0.05, 0) is 25.8 Å². The first-order chi connectivity index (χ1) is 8.77. The van der Waals surface area contributed by atoms with E-state index in [4.69, 9.17) is 0 Å². The zero-order valence-corrected chi connectivity index (χ0v) is 12.7. The number of thioether (sulfide) groups is 1. The molecule has 0 aliphatic heterocycles. The quantitative estimate of drug-likeness (QED) is 0.781. The predicted octanol–water partition coefficient (Wildman–Crippen LogP) is 2.56. The minimum absolute atomic E-state index is 0.149. The minimum Gasteiger partial charge on any atom is -0.358 e. The van der Waals surface area contributed by atoms with Crippen LogP contribution in [0.4, 0.5) is 0 Å². The fourth-order valence-corrected chi connectivity index (χ4v) is 3.78. The lowest BCUT2D eigenvalue weighted by atomic mass is 9.96. The van der Waals surface area contributed by atoms with Crippen molar-refractivity contribution in [2.75, 3.05) is 19.3 Å². The summed E-state index contributed by atoms with van der Waals surface area (Å²) in [4.78, 5) is 11.4. The standard InChI is InChI=1S/C14H28N2OS/c1-3-10-16-12-8-6-4-5-7-9-13(12)18-11-14(17)15-2/h12-13,16H,3-11H2,1-2H3,(H,15,17). The van der Waals surface area contributed by atoms with Crippen molar-refractivity contribution in [3.05, 3.63) is 0 Å². The van der Waals surface area contributed by atoms with Crippen LogP contribution in [0, 0.1) is 0 Å². The smallest absolute Gasteiger partial charge is 0.229 e. The molecule has 0 aromatic rings. The zero-order chi connectivity index (χ0) is 13.2. The predicted molar refractivity (Wildman–Crippen MR) is 80.1 cm³/mol. The van der Waals surface area contributed by atoms with Crippen molar-refractivity contribution < 1.29 is 4.79 Å². The molecule has 1 amide bonds. The lowest BCUT2D eigenvalue weighted by Gasteiger charge is -2.29. The van der Waals surface area contributed by atoms with E-state index in [0.717, 1.165) is 6.54 Å². The second-order valence-corrected chi connectivity index (χ2v) is 6.30. The molecule has 0 bridgehead atoms. The fourth-order valence-electron chi connectivity index (χ4n) is 2.47. The summed E-state index contributed by atoms with van der Waals surface area (Å²) in [5, 5.41) is 6.99. The van der Waals surface area contributed by atoms with Crippen LogP contribution >= 0.6 is 11.8 Å². The van der Waals surface area contributed by atoms with Gasteiger partial charge in [0.15, 0.2) is 0 Å². The average molecular weight is 272 g/mol. The Morgan fingerprint density at radius 2 is 1.94 bits per heavy atom. The van der Waals surface area contributed by atoms with Crippen LogP contribution < -0.4 is 10.6 Å². The van der Waals surface area contributed by atoms with Gasteiger partial charge in [0.25, 0.3) is 0 Å². The molecule has 106 valence electrons. The molecule has 1 saturated carbocycles. The summed E-state index contributed by atoms with van der Waals surface area (Å²) in [6.45, 7) is 3.31. The Bertz CT molecular complexity index is 234. The highest BCUT2D eigenvalue weighted by molar-refractivity contribution is 8.00. The molecule has 1 aliphatic carbocycles. The first-order valence-corrected chi connectivity index (χ1v) is 8.38.